The molecule has 3 N–H and O–H groups in total. The Morgan fingerprint density at radius 2 is 2.14 bits per heavy atom. The molecule has 0 aliphatic carbocycles. The van der Waals surface area contributed by atoms with Crippen LogP contribution in [0, 0.1) is 5.82 Å². The first-order valence-corrected chi connectivity index (χ1v) is 6.35. The van der Waals surface area contributed by atoms with Crippen LogP contribution >= 0.6 is 0 Å². The number of halogens is 1. The zero-order chi connectivity index (χ0) is 14.8. The number of allylic oxidation sites excluding steroid dienone is 2. The lowest BCUT2D eigenvalue weighted by atomic mass is 10.1. The topological polar surface area (TPSA) is 75.3 Å². The van der Waals surface area contributed by atoms with Crippen LogP contribution in [0.3, 0.4) is 0 Å². The third-order valence-corrected chi connectivity index (χ3v) is 3.11. The predicted octanol–water partition coefficient (Wildman–Crippen LogP) is 2.07. The van der Waals surface area contributed by atoms with E-state index in [-0.39, 0.29) is 11.6 Å². The SMILES string of the molecule is Nc1ncc(F)c(-c2cccc(N3C=CC=CC3O)c2)n1. The first-order chi connectivity index (χ1) is 10.1. The Morgan fingerprint density at radius 3 is 2.95 bits per heavy atom. The fourth-order valence-electron chi connectivity index (χ4n) is 2.12. The van der Waals surface area contributed by atoms with Gasteiger partial charge in [-0.05, 0) is 24.3 Å². The van der Waals surface area contributed by atoms with Gasteiger partial charge in [0.1, 0.15) is 11.9 Å². The van der Waals surface area contributed by atoms with Gasteiger partial charge in [0.25, 0.3) is 0 Å². The van der Waals surface area contributed by atoms with Crippen molar-refractivity contribution in [3.05, 3.63) is 60.7 Å². The summed E-state index contributed by atoms with van der Waals surface area (Å²) in [4.78, 5) is 9.20. The molecule has 1 unspecified atom stereocenters. The quantitative estimate of drug-likeness (QED) is 0.883. The van der Waals surface area contributed by atoms with Gasteiger partial charge in [-0.1, -0.05) is 18.2 Å². The summed E-state index contributed by atoms with van der Waals surface area (Å²) < 4.78 is 13.8. The molecule has 0 radical (unpaired) electrons. The molecule has 0 bridgehead atoms. The molecular formula is C15H13FN4O. The summed E-state index contributed by atoms with van der Waals surface area (Å²) in [5.41, 5.74) is 6.93. The van der Waals surface area contributed by atoms with Crippen LogP contribution in [0.5, 0.6) is 0 Å². The highest BCUT2D eigenvalue weighted by molar-refractivity contribution is 5.67. The summed E-state index contributed by atoms with van der Waals surface area (Å²) in [5.74, 6) is -0.534. The first-order valence-electron chi connectivity index (χ1n) is 6.35. The Hall–Kier alpha value is -2.73. The van der Waals surface area contributed by atoms with E-state index < -0.39 is 12.0 Å². The highest BCUT2D eigenvalue weighted by atomic mass is 19.1. The minimum atomic E-state index is -0.759. The van der Waals surface area contributed by atoms with Crippen LogP contribution in [-0.2, 0) is 0 Å². The molecule has 6 heteroatoms. The van der Waals surface area contributed by atoms with Gasteiger partial charge in [-0.2, -0.15) is 0 Å². The lowest BCUT2D eigenvalue weighted by molar-refractivity contribution is 0.227. The van der Waals surface area contributed by atoms with Gasteiger partial charge in [-0.3, -0.25) is 0 Å². The van der Waals surface area contributed by atoms with Crippen LogP contribution in [0.1, 0.15) is 0 Å². The van der Waals surface area contributed by atoms with Gasteiger partial charge < -0.3 is 15.7 Å². The Bertz CT molecular complexity index is 729. The molecule has 3 rings (SSSR count). The maximum atomic E-state index is 13.8. The average molecular weight is 284 g/mol. The first kappa shape index (κ1) is 13.3. The van der Waals surface area contributed by atoms with Crippen molar-refractivity contribution in [2.75, 3.05) is 10.6 Å². The van der Waals surface area contributed by atoms with Crippen molar-refractivity contribution < 1.29 is 9.50 Å². The standard InChI is InChI=1S/C15H13FN4O/c16-12-9-18-15(17)19-14(12)10-4-3-5-11(8-10)20-7-2-1-6-13(20)21/h1-9,13,21H,(H2,17,18,19). The molecule has 0 fully saturated rings. The lowest BCUT2D eigenvalue weighted by Gasteiger charge is -2.26. The van der Waals surface area contributed by atoms with Gasteiger partial charge in [-0.15, -0.1) is 0 Å². The van der Waals surface area contributed by atoms with Gasteiger partial charge >= 0.3 is 0 Å². The van der Waals surface area contributed by atoms with E-state index in [2.05, 4.69) is 9.97 Å². The molecule has 0 saturated heterocycles. The zero-order valence-electron chi connectivity index (χ0n) is 11.0. The molecule has 0 spiro atoms. The number of aliphatic hydroxyl groups excluding tert-OH is 1. The van der Waals surface area contributed by atoms with E-state index in [4.69, 9.17) is 5.73 Å². The number of rotatable bonds is 2. The monoisotopic (exact) mass is 284 g/mol. The van der Waals surface area contributed by atoms with Crippen molar-refractivity contribution in [3.8, 4) is 11.3 Å². The molecule has 1 aliphatic rings. The van der Waals surface area contributed by atoms with E-state index in [0.29, 0.717) is 5.56 Å². The number of anilines is 2. The third-order valence-electron chi connectivity index (χ3n) is 3.11. The number of aromatic nitrogens is 2. The van der Waals surface area contributed by atoms with E-state index in [1.807, 2.05) is 12.1 Å². The van der Waals surface area contributed by atoms with Gasteiger partial charge in [0.2, 0.25) is 5.95 Å². The maximum Gasteiger partial charge on any atom is 0.220 e. The van der Waals surface area contributed by atoms with E-state index in [0.717, 1.165) is 11.9 Å². The summed E-state index contributed by atoms with van der Waals surface area (Å²) in [6.45, 7) is 0. The number of aliphatic hydroxyl groups is 1. The molecule has 2 heterocycles. The summed E-state index contributed by atoms with van der Waals surface area (Å²) in [6.07, 6.45) is 7.25. The molecular weight excluding hydrogens is 271 g/mol. The number of benzene rings is 1. The van der Waals surface area contributed by atoms with Crippen LogP contribution in [0.25, 0.3) is 11.3 Å². The second kappa shape index (κ2) is 5.34. The summed E-state index contributed by atoms with van der Waals surface area (Å²) >= 11 is 0. The molecule has 1 aromatic heterocycles. The van der Waals surface area contributed by atoms with Crippen molar-refractivity contribution in [2.24, 2.45) is 0 Å². The summed E-state index contributed by atoms with van der Waals surface area (Å²) in [6, 6.07) is 7.04. The van der Waals surface area contributed by atoms with Crippen LogP contribution in [0.2, 0.25) is 0 Å². The van der Waals surface area contributed by atoms with Crippen molar-refractivity contribution in [3.63, 3.8) is 0 Å². The van der Waals surface area contributed by atoms with Gasteiger partial charge in [-0.25, -0.2) is 14.4 Å². The highest BCUT2D eigenvalue weighted by Gasteiger charge is 2.15. The summed E-state index contributed by atoms with van der Waals surface area (Å²) in [5, 5.41) is 9.95. The molecule has 1 atom stereocenters. The van der Waals surface area contributed by atoms with E-state index >= 15 is 0 Å². The van der Waals surface area contributed by atoms with E-state index in [9.17, 15) is 9.50 Å². The smallest absolute Gasteiger partial charge is 0.220 e. The number of nitrogen functional groups attached to an aromatic ring is 1. The van der Waals surface area contributed by atoms with Gasteiger partial charge in [0.05, 0.1) is 6.20 Å². The van der Waals surface area contributed by atoms with Crippen LogP contribution in [0.4, 0.5) is 16.0 Å². The molecule has 1 aliphatic heterocycles. The summed E-state index contributed by atoms with van der Waals surface area (Å²) in [7, 11) is 0. The number of hydrogen-bond donors (Lipinski definition) is 2. The zero-order valence-corrected chi connectivity index (χ0v) is 11.0. The third kappa shape index (κ3) is 2.61. The average Bonchev–Trinajstić information content (AvgIpc) is 2.50. The minimum absolute atomic E-state index is 0.0117. The Labute approximate surface area is 120 Å². The number of hydrogen-bond acceptors (Lipinski definition) is 5. The predicted molar refractivity (Wildman–Crippen MR) is 78.6 cm³/mol. The van der Waals surface area contributed by atoms with Crippen molar-refractivity contribution in [2.45, 2.75) is 6.23 Å². The minimum Gasteiger partial charge on any atom is -0.370 e. The van der Waals surface area contributed by atoms with Crippen molar-refractivity contribution in [1.82, 2.24) is 9.97 Å². The maximum absolute atomic E-state index is 13.8. The Morgan fingerprint density at radius 1 is 1.29 bits per heavy atom. The van der Waals surface area contributed by atoms with Crippen LogP contribution < -0.4 is 10.6 Å². The highest BCUT2D eigenvalue weighted by Crippen LogP contribution is 2.27. The second-order valence-corrected chi connectivity index (χ2v) is 4.52. The molecule has 0 saturated carbocycles. The largest absolute Gasteiger partial charge is 0.370 e. The van der Waals surface area contributed by atoms with Crippen molar-refractivity contribution >= 4 is 11.6 Å². The Kier molecular flexibility index (Phi) is 3.37. The van der Waals surface area contributed by atoms with Crippen LogP contribution in [0.15, 0.2) is 54.9 Å². The molecule has 1 aromatic carbocycles. The van der Waals surface area contributed by atoms with Crippen molar-refractivity contribution in [1.29, 1.82) is 0 Å². The van der Waals surface area contributed by atoms with E-state index in [1.165, 1.54) is 0 Å². The van der Waals surface area contributed by atoms with Gasteiger partial charge in [0.15, 0.2) is 5.82 Å². The molecule has 5 nitrogen and oxygen atoms in total. The second-order valence-electron chi connectivity index (χ2n) is 4.52. The van der Waals surface area contributed by atoms with E-state index in [1.54, 1.807) is 41.5 Å². The molecule has 106 valence electrons. The number of nitrogens with two attached hydrogens (primary N) is 1. The normalized spacial score (nSPS) is 17.2. The fourth-order valence-corrected chi connectivity index (χ4v) is 2.12. The number of nitrogens with zero attached hydrogens (tertiary/aromatic N) is 3. The Balaban J connectivity index is 2.02. The van der Waals surface area contributed by atoms with Gasteiger partial charge in [0, 0.05) is 17.5 Å². The molecule has 0 amide bonds. The molecule has 2 aromatic rings. The fraction of sp³-hybridized carbons (Fsp3) is 0.0667. The van der Waals surface area contributed by atoms with Crippen LogP contribution in [-0.4, -0.2) is 21.3 Å². The molecule has 21 heavy (non-hydrogen) atoms. The lowest BCUT2D eigenvalue weighted by Crippen LogP contribution is -2.29.